The summed E-state index contributed by atoms with van der Waals surface area (Å²) in [6, 6.07) is 0. The molecule has 26 heavy (non-hydrogen) atoms. The molecule has 0 unspecified atom stereocenters. The molecule has 6 radical (unpaired) electrons. The van der Waals surface area contributed by atoms with Gasteiger partial charge >= 0.3 is 0 Å². The maximum atomic E-state index is 2.93. The Morgan fingerprint density at radius 2 is 0.462 bits per heavy atom. The Hall–Kier alpha value is 4.19. The van der Waals surface area contributed by atoms with E-state index in [2.05, 4.69) is 105 Å². The van der Waals surface area contributed by atoms with Gasteiger partial charge in [-0.05, 0) is 0 Å². The minimum absolute atomic E-state index is 0. The van der Waals surface area contributed by atoms with Crippen LogP contribution < -0.4 is 0 Å². The maximum absolute atomic E-state index is 2.93. The van der Waals surface area contributed by atoms with Crippen LogP contribution in [0.1, 0.15) is 0 Å². The van der Waals surface area contributed by atoms with E-state index in [0.717, 1.165) is 0 Å². The molecule has 0 rings (SSSR count). The molecule has 0 aliphatic carbocycles. The van der Waals surface area contributed by atoms with Gasteiger partial charge in [-0.3, -0.25) is 0 Å². The van der Waals surface area contributed by atoms with Crippen LogP contribution in [0.2, 0.25) is 105 Å². The van der Waals surface area contributed by atoms with E-state index < -0.39 is 44.6 Å². The summed E-state index contributed by atoms with van der Waals surface area (Å²) in [6.07, 6.45) is 0. The van der Waals surface area contributed by atoms with Gasteiger partial charge in [-0.2, -0.15) is 0 Å². The van der Waals surface area contributed by atoms with Crippen LogP contribution >= 0.6 is 0 Å². The zero-order valence-corrected chi connectivity index (χ0v) is 35.1. The van der Waals surface area contributed by atoms with Crippen molar-refractivity contribution in [2.24, 2.45) is 0 Å². The molecular formula is C16H48KSbSi8. The van der Waals surface area contributed by atoms with Crippen LogP contribution in [0.5, 0.6) is 0 Å². The second-order valence-corrected chi connectivity index (χ2v) is 93.0. The summed E-state index contributed by atoms with van der Waals surface area (Å²) in [5.74, 6) is 0. The first kappa shape index (κ1) is 34.8. The van der Waals surface area contributed by atoms with Crippen LogP contribution in [0.15, 0.2) is 0 Å². The minimum atomic E-state index is -1.13. The SMILES string of the molecule is C[Si](C)(C)[Si]([Si](C)(C)C)[Si](C)(C)[Si](C)(C)[Si]([Si](C)(C)C)[Si](C)(C)C.[K].[Sb]. The third kappa shape index (κ3) is 8.61. The van der Waals surface area contributed by atoms with E-state index in [1.165, 1.54) is 0 Å². The Bertz CT molecular complexity index is 371. The van der Waals surface area contributed by atoms with E-state index in [0.29, 0.717) is 0 Å². The fourth-order valence-corrected chi connectivity index (χ4v) is 273. The second-order valence-electron chi connectivity index (χ2n) is 13.0. The van der Waals surface area contributed by atoms with E-state index in [1.54, 1.807) is 0 Å². The molecule has 0 saturated carbocycles. The summed E-state index contributed by atoms with van der Waals surface area (Å²) in [4.78, 5) is 0. The fraction of sp³-hybridized carbons (Fsp3) is 1.00. The van der Waals surface area contributed by atoms with Crippen LogP contribution in [0.4, 0.5) is 0 Å². The maximum Gasteiger partial charge on any atom is 0.0303 e. The largest absolute Gasteiger partial charge is 0.0739 e. The van der Waals surface area contributed by atoms with Gasteiger partial charge in [0.25, 0.3) is 0 Å². The average molecular weight is 626 g/mol. The number of rotatable bonds is 7. The molecule has 150 valence electrons. The summed E-state index contributed by atoms with van der Waals surface area (Å²) in [5.41, 5.74) is 0. The van der Waals surface area contributed by atoms with Crippen LogP contribution in [0.3, 0.4) is 0 Å². The predicted octanol–water partition coefficient (Wildman–Crippen LogP) is 5.53. The molecule has 0 N–H and O–H groups in total. The van der Waals surface area contributed by atoms with Gasteiger partial charge in [-0.1, -0.05) is 105 Å². The topological polar surface area (TPSA) is 0 Å². The minimum Gasteiger partial charge on any atom is -0.0739 e. The average Bonchev–Trinajstić information content (AvgIpc) is 2.02. The number of hydrogen-bond acceptors (Lipinski definition) is 0. The summed E-state index contributed by atoms with van der Waals surface area (Å²) >= 11 is 0. The van der Waals surface area contributed by atoms with Crippen molar-refractivity contribution in [2.75, 3.05) is 0 Å². The molecule has 0 aromatic carbocycles. The molecule has 0 aromatic heterocycles. The van der Waals surface area contributed by atoms with Crippen molar-refractivity contribution in [1.29, 1.82) is 0 Å². The van der Waals surface area contributed by atoms with E-state index in [1.807, 2.05) is 0 Å². The Kier molecular flexibility index (Phi) is 14.5. The third-order valence-corrected chi connectivity index (χ3v) is 156. The normalized spacial score (nSPS) is 15.0. The van der Waals surface area contributed by atoms with E-state index >= 15 is 0 Å². The molecule has 0 amide bonds. The number of hydrogen-bond donors (Lipinski definition) is 0. The van der Waals surface area contributed by atoms with Gasteiger partial charge in [0.1, 0.15) is 0 Å². The van der Waals surface area contributed by atoms with Crippen LogP contribution in [0, 0.1) is 0 Å². The van der Waals surface area contributed by atoms with Crippen molar-refractivity contribution in [3.8, 4) is 0 Å². The first-order chi connectivity index (χ1) is 9.98. The molecule has 0 fully saturated rings. The summed E-state index contributed by atoms with van der Waals surface area (Å²) < 4.78 is 0. The Morgan fingerprint density at radius 1 is 0.346 bits per heavy atom. The Morgan fingerprint density at radius 3 is 0.538 bits per heavy atom. The van der Waals surface area contributed by atoms with Crippen LogP contribution in [-0.2, 0) is 0 Å². The quantitative estimate of drug-likeness (QED) is 0.327. The monoisotopic (exact) mass is 624 g/mol. The zero-order valence-electron chi connectivity index (χ0n) is 21.4. The molecule has 0 saturated heterocycles. The van der Waals surface area contributed by atoms with Crippen molar-refractivity contribution in [3.63, 3.8) is 0 Å². The van der Waals surface area contributed by atoms with Gasteiger partial charge in [0, 0.05) is 135 Å². The van der Waals surface area contributed by atoms with Gasteiger partial charge in [-0.25, -0.2) is 0 Å². The Balaban J connectivity index is -0.00000264. The van der Waals surface area contributed by atoms with Gasteiger partial charge in [0.05, 0.1) is 0 Å². The van der Waals surface area contributed by atoms with E-state index in [9.17, 15) is 0 Å². The van der Waals surface area contributed by atoms with Gasteiger partial charge in [0.2, 0.25) is 0 Å². The summed E-state index contributed by atoms with van der Waals surface area (Å²) in [6.45, 7) is 44.6. The summed E-state index contributed by atoms with van der Waals surface area (Å²) in [5, 5.41) is 0. The fourth-order valence-electron chi connectivity index (χ4n) is 6.62. The van der Waals surface area contributed by atoms with Crippen molar-refractivity contribution >= 4 is 135 Å². The molecule has 0 heterocycles. The molecule has 0 bridgehead atoms. The van der Waals surface area contributed by atoms with Crippen LogP contribution in [0.25, 0.3) is 0 Å². The van der Waals surface area contributed by atoms with E-state index in [4.69, 9.17) is 0 Å². The Labute approximate surface area is 235 Å². The van der Waals surface area contributed by atoms with Crippen molar-refractivity contribution < 1.29 is 0 Å². The predicted molar refractivity (Wildman–Crippen MR) is 151 cm³/mol. The first-order valence-corrected chi connectivity index (χ1v) is 39.8. The third-order valence-electron chi connectivity index (χ3n) is 5.81. The summed E-state index contributed by atoms with van der Waals surface area (Å²) in [7, 11) is -6.61. The molecule has 0 aromatic rings. The molecular weight excluding hydrogens is 578 g/mol. The standard InChI is InChI=1S/C16H48Si8.K.Sb/c1-19(2,3)17(20(4,5)6)23(13,14)24(15,16)18(21(7,8)9)22(10,11)12;;/h1-16H3;;. The molecule has 0 nitrogen and oxygen atoms in total. The zero-order chi connectivity index (χ0) is 20.2. The molecule has 10 heteroatoms. The van der Waals surface area contributed by atoms with Crippen molar-refractivity contribution in [3.05, 3.63) is 0 Å². The molecule has 0 spiro atoms. The van der Waals surface area contributed by atoms with E-state index in [-0.39, 0.29) is 90.5 Å². The smallest absolute Gasteiger partial charge is 0.0303 e. The molecule has 0 aliphatic heterocycles. The van der Waals surface area contributed by atoms with Gasteiger partial charge in [-0.15, -0.1) is 0 Å². The van der Waals surface area contributed by atoms with Gasteiger partial charge in [0.15, 0.2) is 0 Å². The van der Waals surface area contributed by atoms with Gasteiger partial charge < -0.3 is 0 Å². The van der Waals surface area contributed by atoms with Crippen molar-refractivity contribution in [1.82, 2.24) is 0 Å². The molecule has 0 atom stereocenters. The molecule has 0 aliphatic rings. The van der Waals surface area contributed by atoms with Crippen molar-refractivity contribution in [2.45, 2.75) is 105 Å². The van der Waals surface area contributed by atoms with Crippen LogP contribution in [-0.4, -0.2) is 135 Å². The second kappa shape index (κ2) is 10.9. The first-order valence-electron chi connectivity index (χ1n) is 9.75.